The maximum absolute atomic E-state index is 12.7. The summed E-state index contributed by atoms with van der Waals surface area (Å²) in [5.74, 6) is -0.184. The molecule has 2 rings (SSSR count). The van der Waals surface area contributed by atoms with E-state index < -0.39 is 0 Å². The molecule has 2 aromatic rings. The highest BCUT2D eigenvalue weighted by molar-refractivity contribution is 6.01. The first kappa shape index (κ1) is 19.0. The topological polar surface area (TPSA) is 46.5 Å². The van der Waals surface area contributed by atoms with Gasteiger partial charge in [0.15, 0.2) is 0 Å². The van der Waals surface area contributed by atoms with Gasteiger partial charge in [0.1, 0.15) is 5.75 Å². The molecule has 0 saturated heterocycles. The molecule has 25 heavy (non-hydrogen) atoms. The molecule has 0 bridgehead atoms. The Morgan fingerprint density at radius 1 is 1.12 bits per heavy atom. The molecule has 0 fully saturated rings. The Morgan fingerprint density at radius 3 is 2.20 bits per heavy atom. The molecule has 3 nitrogen and oxygen atoms in total. The van der Waals surface area contributed by atoms with Crippen LogP contribution in [-0.4, -0.2) is 17.7 Å². The van der Waals surface area contributed by atoms with E-state index in [0.29, 0.717) is 17.7 Å². The third-order valence-electron chi connectivity index (χ3n) is 4.47. The van der Waals surface area contributed by atoms with Crippen LogP contribution < -0.4 is 0 Å². The van der Waals surface area contributed by atoms with Gasteiger partial charge >= 0.3 is 5.97 Å². The summed E-state index contributed by atoms with van der Waals surface area (Å²) in [6, 6.07) is 9.88. The highest BCUT2D eigenvalue weighted by atomic mass is 16.5. The second-order valence-corrected chi connectivity index (χ2v) is 7.27. The smallest absolute Gasteiger partial charge is 0.339 e. The standard InChI is InChI=1S/C22H28O3/c1-7-16-18(15-12-10-9-11-13-15)17(21(24)25-8-2)14(3)20(23)19(16)22(4,5)6/h9-13,23H,7-8H2,1-6H3. The van der Waals surface area contributed by atoms with Crippen LogP contribution in [0.4, 0.5) is 0 Å². The number of hydrogen-bond donors (Lipinski definition) is 1. The SMILES string of the molecule is CCOC(=O)c1c(C)c(O)c(C(C)(C)C)c(CC)c1-c1ccccc1. The molecule has 2 aromatic carbocycles. The minimum absolute atomic E-state index is 0.201. The lowest BCUT2D eigenvalue weighted by molar-refractivity contribution is 0.0525. The minimum Gasteiger partial charge on any atom is -0.507 e. The second-order valence-electron chi connectivity index (χ2n) is 7.27. The number of carbonyl (C=O) groups excluding carboxylic acids is 1. The molecular formula is C22H28O3. The van der Waals surface area contributed by atoms with Crippen molar-refractivity contribution in [3.63, 3.8) is 0 Å². The van der Waals surface area contributed by atoms with E-state index in [4.69, 9.17) is 4.74 Å². The molecule has 3 heteroatoms. The third-order valence-corrected chi connectivity index (χ3v) is 4.47. The van der Waals surface area contributed by atoms with Gasteiger partial charge in [0.25, 0.3) is 0 Å². The van der Waals surface area contributed by atoms with Crippen molar-refractivity contribution < 1.29 is 14.6 Å². The van der Waals surface area contributed by atoms with E-state index in [0.717, 1.165) is 28.7 Å². The van der Waals surface area contributed by atoms with Gasteiger partial charge in [-0.15, -0.1) is 0 Å². The van der Waals surface area contributed by atoms with Gasteiger partial charge in [-0.05, 0) is 36.8 Å². The van der Waals surface area contributed by atoms with Gasteiger partial charge in [-0.25, -0.2) is 4.79 Å². The molecule has 0 aliphatic carbocycles. The average molecular weight is 340 g/mol. The van der Waals surface area contributed by atoms with Gasteiger partial charge < -0.3 is 9.84 Å². The first-order chi connectivity index (χ1) is 11.7. The zero-order chi connectivity index (χ0) is 18.8. The number of ether oxygens (including phenoxy) is 1. The van der Waals surface area contributed by atoms with E-state index in [-0.39, 0.29) is 17.1 Å². The van der Waals surface area contributed by atoms with Crippen molar-refractivity contribution in [2.45, 2.75) is 53.4 Å². The van der Waals surface area contributed by atoms with Gasteiger partial charge in [0, 0.05) is 16.7 Å². The summed E-state index contributed by atoms with van der Waals surface area (Å²) in [4.78, 5) is 12.7. The first-order valence-electron chi connectivity index (χ1n) is 8.85. The predicted octanol–water partition coefficient (Wildman–Crippen LogP) is 5.40. The van der Waals surface area contributed by atoms with Crippen molar-refractivity contribution in [3.05, 3.63) is 52.6 Å². The number of phenolic OH excluding ortho intramolecular Hbond substituents is 1. The fourth-order valence-electron chi connectivity index (χ4n) is 3.46. The Morgan fingerprint density at radius 2 is 1.72 bits per heavy atom. The Labute approximate surface area is 150 Å². The number of carbonyl (C=O) groups is 1. The van der Waals surface area contributed by atoms with Gasteiger partial charge in [0.2, 0.25) is 0 Å². The molecule has 0 saturated carbocycles. The van der Waals surface area contributed by atoms with Gasteiger partial charge in [-0.1, -0.05) is 58.0 Å². The number of hydrogen-bond acceptors (Lipinski definition) is 3. The summed E-state index contributed by atoms with van der Waals surface area (Å²) < 4.78 is 5.30. The fourth-order valence-corrected chi connectivity index (χ4v) is 3.46. The fraction of sp³-hybridized carbons (Fsp3) is 0.409. The van der Waals surface area contributed by atoms with Gasteiger partial charge in [0.05, 0.1) is 12.2 Å². The molecule has 0 amide bonds. The normalized spacial score (nSPS) is 11.4. The van der Waals surface area contributed by atoms with Crippen LogP contribution in [0.3, 0.4) is 0 Å². The monoisotopic (exact) mass is 340 g/mol. The van der Waals surface area contributed by atoms with Crippen LogP contribution in [-0.2, 0) is 16.6 Å². The van der Waals surface area contributed by atoms with Crippen LogP contribution in [0.15, 0.2) is 30.3 Å². The molecular weight excluding hydrogens is 312 g/mol. The Hall–Kier alpha value is -2.29. The van der Waals surface area contributed by atoms with Crippen molar-refractivity contribution in [2.24, 2.45) is 0 Å². The Kier molecular flexibility index (Phi) is 5.56. The van der Waals surface area contributed by atoms with E-state index in [1.54, 1.807) is 13.8 Å². The van der Waals surface area contributed by atoms with Crippen LogP contribution in [0.5, 0.6) is 5.75 Å². The zero-order valence-corrected chi connectivity index (χ0v) is 16.1. The molecule has 0 heterocycles. The number of phenols is 1. The van der Waals surface area contributed by atoms with E-state index in [9.17, 15) is 9.90 Å². The maximum Gasteiger partial charge on any atom is 0.339 e. The Balaban J connectivity index is 2.98. The number of esters is 1. The number of aromatic hydroxyl groups is 1. The van der Waals surface area contributed by atoms with E-state index in [1.165, 1.54) is 0 Å². The Bertz CT molecular complexity index is 768. The van der Waals surface area contributed by atoms with Crippen molar-refractivity contribution >= 4 is 5.97 Å². The molecule has 134 valence electrons. The molecule has 0 aliphatic heterocycles. The van der Waals surface area contributed by atoms with Crippen molar-refractivity contribution in [1.29, 1.82) is 0 Å². The van der Waals surface area contributed by atoms with Crippen LogP contribution >= 0.6 is 0 Å². The summed E-state index contributed by atoms with van der Waals surface area (Å²) in [5.41, 5.74) is 4.56. The number of benzene rings is 2. The summed E-state index contributed by atoms with van der Waals surface area (Å²) in [7, 11) is 0. The minimum atomic E-state index is -0.385. The molecule has 0 radical (unpaired) electrons. The van der Waals surface area contributed by atoms with Crippen molar-refractivity contribution in [1.82, 2.24) is 0 Å². The largest absolute Gasteiger partial charge is 0.507 e. The molecule has 0 aromatic heterocycles. The lowest BCUT2D eigenvalue weighted by Crippen LogP contribution is -2.19. The average Bonchev–Trinajstić information content (AvgIpc) is 2.56. The van der Waals surface area contributed by atoms with Crippen molar-refractivity contribution in [2.75, 3.05) is 6.61 Å². The zero-order valence-electron chi connectivity index (χ0n) is 16.1. The van der Waals surface area contributed by atoms with Crippen LogP contribution in [0.2, 0.25) is 0 Å². The first-order valence-corrected chi connectivity index (χ1v) is 8.85. The molecule has 1 N–H and O–H groups in total. The molecule has 0 aliphatic rings. The van der Waals surface area contributed by atoms with Gasteiger partial charge in [-0.2, -0.15) is 0 Å². The second kappa shape index (κ2) is 7.30. The molecule has 0 atom stereocenters. The maximum atomic E-state index is 12.7. The summed E-state index contributed by atoms with van der Waals surface area (Å²) >= 11 is 0. The lowest BCUT2D eigenvalue weighted by atomic mass is 9.76. The van der Waals surface area contributed by atoms with E-state index in [1.807, 2.05) is 30.3 Å². The summed E-state index contributed by atoms with van der Waals surface area (Å²) in [5, 5.41) is 10.9. The quantitative estimate of drug-likeness (QED) is 0.758. The summed E-state index contributed by atoms with van der Waals surface area (Å²) in [6.07, 6.45) is 0.719. The highest BCUT2D eigenvalue weighted by Crippen LogP contribution is 2.44. The number of rotatable bonds is 4. The lowest BCUT2D eigenvalue weighted by Gasteiger charge is -2.29. The molecule has 0 unspecified atom stereocenters. The van der Waals surface area contributed by atoms with Crippen LogP contribution in [0, 0.1) is 6.92 Å². The van der Waals surface area contributed by atoms with E-state index in [2.05, 4.69) is 27.7 Å². The van der Waals surface area contributed by atoms with Crippen molar-refractivity contribution in [3.8, 4) is 16.9 Å². The predicted molar refractivity (Wildman–Crippen MR) is 102 cm³/mol. The van der Waals surface area contributed by atoms with Crippen LogP contribution in [0.25, 0.3) is 11.1 Å². The highest BCUT2D eigenvalue weighted by Gasteiger charge is 2.31. The third kappa shape index (κ3) is 3.55. The van der Waals surface area contributed by atoms with Crippen LogP contribution in [0.1, 0.15) is 61.7 Å². The molecule has 0 spiro atoms. The van der Waals surface area contributed by atoms with E-state index >= 15 is 0 Å². The summed E-state index contributed by atoms with van der Waals surface area (Å²) in [6.45, 7) is 12.2. The van der Waals surface area contributed by atoms with Gasteiger partial charge in [-0.3, -0.25) is 0 Å².